The van der Waals surface area contributed by atoms with Gasteiger partial charge in [0, 0.05) is 17.7 Å². The second-order valence-corrected chi connectivity index (χ2v) is 9.13. The number of aromatic nitrogens is 2. The zero-order chi connectivity index (χ0) is 23.2. The smallest absolute Gasteiger partial charge is 0.254 e. The first kappa shape index (κ1) is 22.9. The number of carbonyl (C=O) groups excluding carboxylic acids is 2. The quantitative estimate of drug-likeness (QED) is 0.478. The third-order valence-corrected chi connectivity index (χ3v) is 6.49. The average Bonchev–Trinajstić information content (AvgIpc) is 3.49. The van der Waals surface area contributed by atoms with E-state index < -0.39 is 6.04 Å². The van der Waals surface area contributed by atoms with Crippen molar-refractivity contribution >= 4 is 28.3 Å². The fourth-order valence-corrected chi connectivity index (χ4v) is 4.58. The molecule has 1 N–H and O–H groups in total. The van der Waals surface area contributed by atoms with E-state index in [2.05, 4.69) is 22.4 Å². The minimum Gasteiger partial charge on any atom is -0.494 e. The van der Waals surface area contributed by atoms with Crippen molar-refractivity contribution in [2.75, 3.05) is 18.5 Å². The van der Waals surface area contributed by atoms with Crippen molar-refractivity contribution in [2.24, 2.45) is 0 Å². The fraction of sp³-hybridized carbons (Fsp3) is 0.360. The van der Waals surface area contributed by atoms with Gasteiger partial charge in [-0.3, -0.25) is 14.9 Å². The summed E-state index contributed by atoms with van der Waals surface area (Å²) in [5, 5.41) is 12.4. The van der Waals surface area contributed by atoms with Crippen molar-refractivity contribution in [3.8, 4) is 16.3 Å². The van der Waals surface area contributed by atoms with E-state index in [4.69, 9.17) is 4.74 Å². The Morgan fingerprint density at radius 1 is 1.18 bits per heavy atom. The van der Waals surface area contributed by atoms with Gasteiger partial charge in [-0.1, -0.05) is 48.4 Å². The summed E-state index contributed by atoms with van der Waals surface area (Å²) in [6.07, 6.45) is 3.47. The van der Waals surface area contributed by atoms with Crippen LogP contribution >= 0.6 is 11.3 Å². The van der Waals surface area contributed by atoms with Crippen LogP contribution in [0.15, 0.2) is 48.5 Å². The number of amides is 2. The van der Waals surface area contributed by atoms with E-state index in [9.17, 15) is 9.59 Å². The predicted octanol–water partition coefficient (Wildman–Crippen LogP) is 4.94. The topological polar surface area (TPSA) is 84.4 Å². The monoisotopic (exact) mass is 464 g/mol. The molecule has 2 heterocycles. The highest BCUT2D eigenvalue weighted by atomic mass is 32.1. The van der Waals surface area contributed by atoms with Crippen LogP contribution in [-0.4, -0.2) is 46.1 Å². The number of rotatable bonds is 8. The predicted molar refractivity (Wildman–Crippen MR) is 130 cm³/mol. The molecule has 3 aromatic rings. The molecule has 2 aromatic carbocycles. The van der Waals surface area contributed by atoms with Gasteiger partial charge in [-0.05, 0) is 56.5 Å². The van der Waals surface area contributed by atoms with Gasteiger partial charge >= 0.3 is 0 Å². The highest BCUT2D eigenvalue weighted by Gasteiger charge is 2.35. The molecule has 0 saturated carbocycles. The lowest BCUT2D eigenvalue weighted by atomic mass is 10.1. The van der Waals surface area contributed by atoms with Crippen LogP contribution in [0.25, 0.3) is 10.6 Å². The Morgan fingerprint density at radius 3 is 2.76 bits per heavy atom. The van der Waals surface area contributed by atoms with Crippen LogP contribution in [0.3, 0.4) is 0 Å². The Labute approximate surface area is 197 Å². The number of likely N-dealkylation sites (tertiary alicyclic amines) is 1. The lowest BCUT2D eigenvalue weighted by Crippen LogP contribution is -2.43. The van der Waals surface area contributed by atoms with Gasteiger partial charge in [0.05, 0.1) is 6.61 Å². The molecule has 0 bridgehead atoms. The highest BCUT2D eigenvalue weighted by molar-refractivity contribution is 7.18. The Balaban J connectivity index is 1.39. The Kier molecular flexibility index (Phi) is 7.34. The molecule has 1 aliphatic heterocycles. The number of benzene rings is 2. The Hall–Kier alpha value is -3.26. The molecule has 1 atom stereocenters. The highest BCUT2D eigenvalue weighted by Crippen LogP contribution is 2.28. The number of carbonyl (C=O) groups is 2. The minimum atomic E-state index is -0.524. The molecular weight excluding hydrogens is 436 g/mol. The zero-order valence-electron chi connectivity index (χ0n) is 18.9. The van der Waals surface area contributed by atoms with E-state index in [1.54, 1.807) is 17.0 Å². The van der Waals surface area contributed by atoms with Crippen LogP contribution in [-0.2, 0) is 4.79 Å². The van der Waals surface area contributed by atoms with E-state index in [0.717, 1.165) is 41.1 Å². The van der Waals surface area contributed by atoms with Gasteiger partial charge < -0.3 is 9.64 Å². The van der Waals surface area contributed by atoms with E-state index in [1.807, 2.05) is 43.3 Å². The molecule has 7 nitrogen and oxygen atoms in total. The molecule has 172 valence electrons. The average molecular weight is 465 g/mol. The summed E-state index contributed by atoms with van der Waals surface area (Å²) < 4.78 is 5.67. The largest absolute Gasteiger partial charge is 0.494 e. The maximum atomic E-state index is 13.1. The molecule has 1 aliphatic rings. The number of ether oxygens (including phenoxy) is 1. The Bertz CT molecular complexity index is 1110. The summed E-state index contributed by atoms with van der Waals surface area (Å²) in [5.74, 6) is 0.370. The van der Waals surface area contributed by atoms with E-state index >= 15 is 0 Å². The first-order valence-electron chi connectivity index (χ1n) is 11.3. The molecule has 1 unspecified atom stereocenters. The lowest BCUT2D eigenvalue weighted by molar-refractivity contribution is -0.119. The van der Waals surface area contributed by atoms with Crippen LogP contribution in [0.1, 0.15) is 48.5 Å². The van der Waals surface area contributed by atoms with Gasteiger partial charge in [-0.15, -0.1) is 10.2 Å². The van der Waals surface area contributed by atoms with Gasteiger partial charge in [0.2, 0.25) is 11.0 Å². The maximum Gasteiger partial charge on any atom is 0.254 e. The van der Waals surface area contributed by atoms with Crippen LogP contribution < -0.4 is 10.1 Å². The normalized spacial score (nSPS) is 15.5. The molecule has 1 fully saturated rings. The number of nitrogens with zero attached hydrogens (tertiary/aromatic N) is 3. The summed E-state index contributed by atoms with van der Waals surface area (Å²) in [6.45, 7) is 5.35. The molecule has 1 saturated heterocycles. The number of hydrogen-bond donors (Lipinski definition) is 1. The van der Waals surface area contributed by atoms with Gasteiger partial charge in [0.15, 0.2) is 0 Å². The second-order valence-electron chi connectivity index (χ2n) is 8.15. The van der Waals surface area contributed by atoms with Gasteiger partial charge in [-0.25, -0.2) is 0 Å². The summed E-state index contributed by atoms with van der Waals surface area (Å²) in [4.78, 5) is 27.7. The molecule has 0 aliphatic carbocycles. The molecule has 4 rings (SSSR count). The maximum absolute atomic E-state index is 13.1. The molecule has 1 aromatic heterocycles. The number of aryl methyl sites for hydroxylation is 1. The summed E-state index contributed by atoms with van der Waals surface area (Å²) in [6, 6.07) is 14.6. The van der Waals surface area contributed by atoms with Gasteiger partial charge in [0.1, 0.15) is 16.8 Å². The van der Waals surface area contributed by atoms with Gasteiger partial charge in [0.25, 0.3) is 5.91 Å². The van der Waals surface area contributed by atoms with Crippen molar-refractivity contribution in [2.45, 2.75) is 45.6 Å². The van der Waals surface area contributed by atoms with E-state index in [-0.39, 0.29) is 11.8 Å². The van der Waals surface area contributed by atoms with Crippen molar-refractivity contribution in [1.29, 1.82) is 0 Å². The number of anilines is 1. The van der Waals surface area contributed by atoms with Crippen molar-refractivity contribution in [1.82, 2.24) is 15.1 Å². The third kappa shape index (κ3) is 5.57. The molecule has 8 heteroatoms. The third-order valence-electron chi connectivity index (χ3n) is 5.60. The van der Waals surface area contributed by atoms with Crippen LogP contribution in [0, 0.1) is 6.92 Å². The standard InChI is InChI=1S/C25H28N4O3S/c1-3-4-15-32-20-12-10-18(11-13-20)24(31)29-14-6-9-21(29)22(30)26-25-28-27-23(33-25)19-8-5-7-17(2)16-19/h5,7-8,10-13,16,21H,3-4,6,9,14-15H2,1-2H3,(H,26,28,30). The van der Waals surface area contributed by atoms with E-state index in [0.29, 0.717) is 30.3 Å². The van der Waals surface area contributed by atoms with Crippen molar-refractivity contribution in [3.05, 3.63) is 59.7 Å². The van der Waals surface area contributed by atoms with Crippen LogP contribution in [0.4, 0.5) is 5.13 Å². The van der Waals surface area contributed by atoms with Crippen molar-refractivity contribution in [3.63, 3.8) is 0 Å². The molecule has 2 amide bonds. The molecule has 0 spiro atoms. The first-order chi connectivity index (χ1) is 16.0. The number of unbranched alkanes of at least 4 members (excludes halogenated alkanes) is 1. The fourth-order valence-electron chi connectivity index (χ4n) is 3.83. The lowest BCUT2D eigenvalue weighted by Gasteiger charge is -2.23. The SMILES string of the molecule is CCCCOc1ccc(C(=O)N2CCCC2C(=O)Nc2nnc(-c3cccc(C)c3)s2)cc1. The first-order valence-corrected chi connectivity index (χ1v) is 12.1. The Morgan fingerprint density at radius 2 is 2.00 bits per heavy atom. The van der Waals surface area contributed by atoms with Crippen molar-refractivity contribution < 1.29 is 14.3 Å². The number of nitrogens with one attached hydrogen (secondary N) is 1. The second kappa shape index (κ2) is 10.6. The molecular formula is C25H28N4O3S. The van der Waals surface area contributed by atoms with Crippen LogP contribution in [0.5, 0.6) is 5.75 Å². The zero-order valence-corrected chi connectivity index (χ0v) is 19.7. The molecule has 33 heavy (non-hydrogen) atoms. The summed E-state index contributed by atoms with van der Waals surface area (Å²) >= 11 is 1.33. The van der Waals surface area contributed by atoms with Gasteiger partial charge in [-0.2, -0.15) is 0 Å². The minimum absolute atomic E-state index is 0.148. The van der Waals surface area contributed by atoms with E-state index in [1.165, 1.54) is 11.3 Å². The molecule has 0 radical (unpaired) electrons. The number of hydrogen-bond acceptors (Lipinski definition) is 6. The summed E-state index contributed by atoms with van der Waals surface area (Å²) in [5.41, 5.74) is 2.65. The summed E-state index contributed by atoms with van der Waals surface area (Å²) in [7, 11) is 0. The van der Waals surface area contributed by atoms with Crippen LogP contribution in [0.2, 0.25) is 0 Å².